The summed E-state index contributed by atoms with van der Waals surface area (Å²) in [6.07, 6.45) is 1.02. The second-order valence-corrected chi connectivity index (χ2v) is 7.54. The molecular weight excluding hydrogens is 343 g/mol. The van der Waals surface area contributed by atoms with Crippen LogP contribution >= 0.6 is 23.4 Å². The van der Waals surface area contributed by atoms with Gasteiger partial charge in [0.25, 0.3) is 5.91 Å². The van der Waals surface area contributed by atoms with Gasteiger partial charge in [0.15, 0.2) is 15.3 Å². The van der Waals surface area contributed by atoms with Crippen LogP contribution < -0.4 is 10.6 Å². The number of carbonyl (C=O) groups is 1. The lowest BCUT2D eigenvalue weighted by Crippen LogP contribution is -2.41. The number of aromatic hydroxyl groups is 1. The molecule has 6 nitrogen and oxygen atoms in total. The first kappa shape index (κ1) is 15.9. The largest absolute Gasteiger partial charge is 0.506 e. The van der Waals surface area contributed by atoms with Crippen molar-refractivity contribution in [2.24, 2.45) is 0 Å². The van der Waals surface area contributed by atoms with Crippen molar-refractivity contribution in [3.8, 4) is 5.75 Å². The number of phenolic OH excluding ortho intramolecular Hbond substituents is 1. The summed E-state index contributed by atoms with van der Waals surface area (Å²) in [7, 11) is -3.41. The van der Waals surface area contributed by atoms with Crippen molar-refractivity contribution in [2.45, 2.75) is 5.50 Å². The second kappa shape index (κ2) is 5.74. The predicted molar refractivity (Wildman–Crippen MR) is 78.0 cm³/mol. The number of carbonyl (C=O) groups excluding carboxylic acids is 1. The summed E-state index contributed by atoms with van der Waals surface area (Å²) >= 11 is 6.65. The van der Waals surface area contributed by atoms with Gasteiger partial charge in [-0.1, -0.05) is 23.4 Å². The number of halogens is 2. The van der Waals surface area contributed by atoms with Crippen LogP contribution in [0.4, 0.5) is 4.39 Å². The average Bonchev–Trinajstić information content (AvgIpc) is 2.82. The summed E-state index contributed by atoms with van der Waals surface area (Å²) in [6, 6.07) is 1.72. The van der Waals surface area contributed by atoms with Crippen molar-refractivity contribution in [1.82, 2.24) is 10.6 Å². The van der Waals surface area contributed by atoms with Gasteiger partial charge in [-0.25, -0.2) is 12.8 Å². The molecule has 0 radical (unpaired) electrons. The predicted octanol–water partition coefficient (Wildman–Crippen LogP) is 1.38. The summed E-state index contributed by atoms with van der Waals surface area (Å²) in [5, 5.41) is 15.4. The van der Waals surface area contributed by atoms with Crippen molar-refractivity contribution in [1.29, 1.82) is 0 Å². The van der Waals surface area contributed by atoms with Crippen LogP contribution in [0.3, 0.4) is 0 Å². The Labute approximate surface area is 129 Å². The molecule has 2 rings (SSSR count). The standard InChI is InChI=1S/C11H10ClFN2O4S2/c1-21(18,19)9-4-20-11(14-9)15-10(17)5-2-6(12)8(16)3-7(5)13/h2-4,11,14,16H,1H3,(H,15,17). The minimum atomic E-state index is -3.41. The zero-order valence-electron chi connectivity index (χ0n) is 10.6. The number of phenols is 1. The molecule has 1 aromatic carbocycles. The summed E-state index contributed by atoms with van der Waals surface area (Å²) in [5.41, 5.74) is -1.10. The fraction of sp³-hybridized carbons (Fsp3) is 0.182. The smallest absolute Gasteiger partial charge is 0.256 e. The van der Waals surface area contributed by atoms with E-state index in [1.165, 1.54) is 5.41 Å². The quantitative estimate of drug-likeness (QED) is 0.760. The highest BCUT2D eigenvalue weighted by Crippen LogP contribution is 2.27. The maximum absolute atomic E-state index is 13.6. The number of hydrogen-bond acceptors (Lipinski definition) is 6. The van der Waals surface area contributed by atoms with Gasteiger partial charge in [0.1, 0.15) is 16.6 Å². The molecule has 3 N–H and O–H groups in total. The Bertz CT molecular complexity index is 736. The number of nitrogens with one attached hydrogen (secondary N) is 2. The molecule has 114 valence electrons. The maximum Gasteiger partial charge on any atom is 0.256 e. The molecule has 0 spiro atoms. The average molecular weight is 353 g/mol. The van der Waals surface area contributed by atoms with Crippen molar-refractivity contribution in [3.05, 3.63) is 39.0 Å². The van der Waals surface area contributed by atoms with E-state index >= 15 is 0 Å². The summed E-state index contributed by atoms with van der Waals surface area (Å²) in [4.78, 5) is 11.9. The lowest BCUT2D eigenvalue weighted by molar-refractivity contribution is 0.0943. The zero-order valence-corrected chi connectivity index (χ0v) is 12.9. The molecule has 1 amide bonds. The number of rotatable bonds is 3. The Morgan fingerprint density at radius 3 is 2.76 bits per heavy atom. The molecule has 1 aromatic rings. The van der Waals surface area contributed by atoms with Gasteiger partial charge in [-0.3, -0.25) is 4.79 Å². The molecule has 0 aliphatic carbocycles. The van der Waals surface area contributed by atoms with E-state index in [-0.39, 0.29) is 15.6 Å². The van der Waals surface area contributed by atoms with Crippen LogP contribution in [0, 0.1) is 5.82 Å². The molecule has 0 fully saturated rings. The highest BCUT2D eigenvalue weighted by molar-refractivity contribution is 8.04. The molecule has 0 saturated carbocycles. The zero-order chi connectivity index (χ0) is 15.8. The Morgan fingerprint density at radius 1 is 1.52 bits per heavy atom. The summed E-state index contributed by atoms with van der Waals surface area (Å²) < 4.78 is 36.2. The monoisotopic (exact) mass is 352 g/mol. The molecular formula is C11H10ClFN2O4S2. The first-order valence-electron chi connectivity index (χ1n) is 5.49. The van der Waals surface area contributed by atoms with Crippen LogP contribution in [0.1, 0.15) is 10.4 Å². The van der Waals surface area contributed by atoms with Gasteiger partial charge in [-0.15, -0.1) is 0 Å². The minimum Gasteiger partial charge on any atom is -0.506 e. The van der Waals surface area contributed by atoms with E-state index in [0.717, 1.165) is 30.2 Å². The Kier molecular flexibility index (Phi) is 4.35. The van der Waals surface area contributed by atoms with Crippen LogP contribution in [0.25, 0.3) is 0 Å². The van der Waals surface area contributed by atoms with Gasteiger partial charge < -0.3 is 15.7 Å². The Hall–Kier alpha value is -1.45. The number of thioether (sulfide) groups is 1. The highest BCUT2D eigenvalue weighted by Gasteiger charge is 2.25. The fourth-order valence-corrected chi connectivity index (χ4v) is 3.63. The number of sulfone groups is 1. The van der Waals surface area contributed by atoms with E-state index in [9.17, 15) is 22.7 Å². The third-order valence-corrected chi connectivity index (χ3v) is 4.89. The van der Waals surface area contributed by atoms with Gasteiger partial charge in [0, 0.05) is 17.7 Å². The second-order valence-electron chi connectivity index (χ2n) is 4.17. The molecule has 0 saturated heterocycles. The molecule has 1 aliphatic heterocycles. The fourth-order valence-electron chi connectivity index (χ4n) is 1.50. The lowest BCUT2D eigenvalue weighted by atomic mass is 10.2. The normalized spacial score (nSPS) is 18.0. The third-order valence-electron chi connectivity index (χ3n) is 2.53. The van der Waals surface area contributed by atoms with Crippen LogP contribution in [0.5, 0.6) is 5.75 Å². The molecule has 1 heterocycles. The van der Waals surface area contributed by atoms with E-state index in [4.69, 9.17) is 11.6 Å². The van der Waals surface area contributed by atoms with E-state index in [2.05, 4.69) is 10.6 Å². The van der Waals surface area contributed by atoms with Crippen LogP contribution in [-0.2, 0) is 9.84 Å². The van der Waals surface area contributed by atoms with E-state index in [0.29, 0.717) is 0 Å². The Morgan fingerprint density at radius 2 is 2.19 bits per heavy atom. The third kappa shape index (κ3) is 3.60. The highest BCUT2D eigenvalue weighted by atomic mass is 35.5. The first-order valence-corrected chi connectivity index (χ1v) is 8.71. The lowest BCUT2D eigenvalue weighted by Gasteiger charge is -2.14. The van der Waals surface area contributed by atoms with Gasteiger partial charge in [-0.2, -0.15) is 0 Å². The molecule has 21 heavy (non-hydrogen) atoms. The van der Waals surface area contributed by atoms with E-state index in [1.54, 1.807) is 0 Å². The van der Waals surface area contributed by atoms with E-state index in [1.807, 2.05) is 0 Å². The van der Waals surface area contributed by atoms with E-state index < -0.39 is 32.8 Å². The van der Waals surface area contributed by atoms with Crippen LogP contribution in [-0.4, -0.2) is 31.2 Å². The molecule has 1 atom stereocenters. The van der Waals surface area contributed by atoms with Gasteiger partial charge in [0.05, 0.1) is 10.6 Å². The minimum absolute atomic E-state index is 0.0259. The topological polar surface area (TPSA) is 95.5 Å². The van der Waals surface area contributed by atoms with Crippen molar-refractivity contribution >= 4 is 39.1 Å². The molecule has 1 unspecified atom stereocenters. The SMILES string of the molecule is CS(=O)(=O)C1=CSC(NC(=O)c2cc(Cl)c(O)cc2F)N1. The number of hydrogen-bond donors (Lipinski definition) is 3. The van der Waals surface area contributed by atoms with Gasteiger partial charge >= 0.3 is 0 Å². The van der Waals surface area contributed by atoms with Crippen molar-refractivity contribution in [2.75, 3.05) is 6.26 Å². The summed E-state index contributed by atoms with van der Waals surface area (Å²) in [6.45, 7) is 0. The number of benzene rings is 1. The number of amides is 1. The maximum atomic E-state index is 13.6. The van der Waals surface area contributed by atoms with Gasteiger partial charge in [-0.05, 0) is 6.07 Å². The van der Waals surface area contributed by atoms with Crippen LogP contribution in [0.2, 0.25) is 5.02 Å². The molecule has 1 aliphatic rings. The van der Waals surface area contributed by atoms with Crippen molar-refractivity contribution < 1.29 is 22.7 Å². The Balaban J connectivity index is 2.09. The molecule has 0 aromatic heterocycles. The summed E-state index contributed by atoms with van der Waals surface area (Å²) in [5.74, 6) is -2.20. The van der Waals surface area contributed by atoms with Gasteiger partial charge in [0.2, 0.25) is 0 Å². The molecule has 10 heteroatoms. The van der Waals surface area contributed by atoms with Crippen molar-refractivity contribution in [3.63, 3.8) is 0 Å². The first-order chi connectivity index (χ1) is 9.68. The molecule has 0 bridgehead atoms. The van der Waals surface area contributed by atoms with Crippen LogP contribution in [0.15, 0.2) is 22.6 Å².